The first-order valence-electron chi connectivity index (χ1n) is 7.31. The summed E-state index contributed by atoms with van der Waals surface area (Å²) in [5.74, 6) is 0.875. The smallest absolute Gasteiger partial charge is 0.0840 e. The zero-order valence-corrected chi connectivity index (χ0v) is 12.0. The molecule has 0 aromatic carbocycles. The van der Waals surface area contributed by atoms with E-state index in [1.54, 1.807) is 0 Å². The first kappa shape index (κ1) is 13.4. The molecule has 0 amide bonds. The molecular weight excluding hydrogens is 210 g/mol. The number of ether oxygens (including phenoxy) is 1. The topological polar surface area (TPSA) is 21.3 Å². The highest BCUT2D eigenvalue weighted by molar-refractivity contribution is 5.02. The number of hydrogen-bond donors (Lipinski definition) is 1. The Balaban J connectivity index is 2.18. The second-order valence-electron chi connectivity index (χ2n) is 7.20. The summed E-state index contributed by atoms with van der Waals surface area (Å²) < 4.78 is 6.31. The maximum absolute atomic E-state index is 6.31. The number of morpholine rings is 1. The molecule has 1 spiro atoms. The van der Waals surface area contributed by atoms with Gasteiger partial charge < -0.3 is 10.1 Å². The normalized spacial score (nSPS) is 40.2. The molecule has 2 aliphatic rings. The predicted molar refractivity (Wildman–Crippen MR) is 72.2 cm³/mol. The van der Waals surface area contributed by atoms with Crippen LogP contribution in [0.3, 0.4) is 0 Å². The number of rotatable bonds is 0. The van der Waals surface area contributed by atoms with Crippen molar-refractivity contribution in [3.63, 3.8) is 0 Å². The van der Waals surface area contributed by atoms with Gasteiger partial charge in [0.15, 0.2) is 0 Å². The highest BCUT2D eigenvalue weighted by Gasteiger charge is 2.47. The van der Waals surface area contributed by atoms with Crippen LogP contribution in [0.4, 0.5) is 0 Å². The highest BCUT2D eigenvalue weighted by atomic mass is 16.5. The first-order valence-corrected chi connectivity index (χ1v) is 7.31. The van der Waals surface area contributed by atoms with Crippen LogP contribution < -0.4 is 5.32 Å². The second-order valence-corrected chi connectivity index (χ2v) is 7.20. The zero-order valence-electron chi connectivity index (χ0n) is 12.0. The monoisotopic (exact) mass is 239 g/mol. The van der Waals surface area contributed by atoms with Crippen molar-refractivity contribution in [1.29, 1.82) is 0 Å². The fourth-order valence-electron chi connectivity index (χ4n) is 3.77. The van der Waals surface area contributed by atoms with Gasteiger partial charge >= 0.3 is 0 Å². The molecule has 100 valence electrons. The van der Waals surface area contributed by atoms with Gasteiger partial charge in [-0.3, -0.25) is 0 Å². The standard InChI is InChI=1S/C15H29NO/c1-12-6-5-8-15(9-7-12)13(14(2,3)4)16-10-11-17-15/h12-13,16H,5-11H2,1-4H3. The van der Waals surface area contributed by atoms with Crippen LogP contribution in [0.5, 0.6) is 0 Å². The summed E-state index contributed by atoms with van der Waals surface area (Å²) in [6.45, 7) is 11.3. The van der Waals surface area contributed by atoms with Gasteiger partial charge in [0.2, 0.25) is 0 Å². The van der Waals surface area contributed by atoms with E-state index >= 15 is 0 Å². The lowest BCUT2D eigenvalue weighted by atomic mass is 9.72. The molecule has 1 heterocycles. The van der Waals surface area contributed by atoms with Crippen LogP contribution in [-0.4, -0.2) is 24.8 Å². The largest absolute Gasteiger partial charge is 0.372 e. The lowest BCUT2D eigenvalue weighted by molar-refractivity contribution is -0.130. The van der Waals surface area contributed by atoms with Crippen molar-refractivity contribution in [2.75, 3.05) is 13.2 Å². The fraction of sp³-hybridized carbons (Fsp3) is 1.00. The molecule has 0 aromatic rings. The second kappa shape index (κ2) is 4.89. The van der Waals surface area contributed by atoms with Crippen molar-refractivity contribution in [1.82, 2.24) is 5.32 Å². The van der Waals surface area contributed by atoms with E-state index in [0.29, 0.717) is 6.04 Å². The van der Waals surface area contributed by atoms with Crippen LogP contribution in [-0.2, 0) is 4.74 Å². The molecule has 1 saturated carbocycles. The van der Waals surface area contributed by atoms with Crippen molar-refractivity contribution in [3.05, 3.63) is 0 Å². The van der Waals surface area contributed by atoms with Crippen molar-refractivity contribution >= 4 is 0 Å². The van der Waals surface area contributed by atoms with Crippen molar-refractivity contribution < 1.29 is 4.74 Å². The zero-order chi connectivity index (χ0) is 12.5. The van der Waals surface area contributed by atoms with Gasteiger partial charge in [-0.05, 0) is 30.6 Å². The van der Waals surface area contributed by atoms with Gasteiger partial charge in [0, 0.05) is 12.6 Å². The summed E-state index contributed by atoms with van der Waals surface area (Å²) in [5, 5.41) is 3.74. The fourth-order valence-corrected chi connectivity index (χ4v) is 3.77. The SMILES string of the molecule is CC1CCCC2(CC1)OCCNC2C(C)(C)C. The third kappa shape index (κ3) is 2.85. The molecule has 1 aliphatic carbocycles. The molecule has 1 saturated heterocycles. The van der Waals surface area contributed by atoms with E-state index < -0.39 is 0 Å². The molecule has 2 rings (SSSR count). The molecule has 0 bridgehead atoms. The Morgan fingerprint density at radius 3 is 2.65 bits per heavy atom. The van der Waals surface area contributed by atoms with Crippen molar-refractivity contribution in [2.24, 2.45) is 11.3 Å². The van der Waals surface area contributed by atoms with Crippen molar-refractivity contribution in [3.8, 4) is 0 Å². The van der Waals surface area contributed by atoms with Crippen LogP contribution >= 0.6 is 0 Å². The van der Waals surface area contributed by atoms with Gasteiger partial charge in [0.05, 0.1) is 12.2 Å². The Hall–Kier alpha value is -0.0800. The van der Waals surface area contributed by atoms with Gasteiger partial charge in [0.25, 0.3) is 0 Å². The molecule has 2 heteroatoms. The average molecular weight is 239 g/mol. The first-order chi connectivity index (χ1) is 7.94. The molecule has 1 N–H and O–H groups in total. The molecular formula is C15H29NO. The molecule has 0 aromatic heterocycles. The van der Waals surface area contributed by atoms with Gasteiger partial charge in [-0.2, -0.15) is 0 Å². The summed E-state index contributed by atoms with van der Waals surface area (Å²) in [6, 6.07) is 0.508. The number of hydrogen-bond acceptors (Lipinski definition) is 2. The maximum atomic E-state index is 6.31. The van der Waals surface area contributed by atoms with Gasteiger partial charge in [-0.1, -0.05) is 40.5 Å². The Morgan fingerprint density at radius 2 is 1.94 bits per heavy atom. The lowest BCUT2D eigenvalue weighted by Gasteiger charge is -2.50. The number of nitrogens with one attached hydrogen (secondary N) is 1. The summed E-state index contributed by atoms with van der Waals surface area (Å²) in [6.07, 6.45) is 6.51. The molecule has 3 atom stereocenters. The van der Waals surface area contributed by atoms with E-state index in [1.807, 2.05) is 0 Å². The third-order valence-electron chi connectivity index (χ3n) is 4.59. The Bertz CT molecular complexity index is 258. The Kier molecular flexibility index (Phi) is 3.84. The quantitative estimate of drug-likeness (QED) is 0.700. The molecule has 2 fully saturated rings. The maximum Gasteiger partial charge on any atom is 0.0840 e. The molecule has 2 nitrogen and oxygen atoms in total. The van der Waals surface area contributed by atoms with Crippen LogP contribution in [0.15, 0.2) is 0 Å². The van der Waals surface area contributed by atoms with E-state index in [-0.39, 0.29) is 11.0 Å². The van der Waals surface area contributed by atoms with E-state index in [9.17, 15) is 0 Å². The van der Waals surface area contributed by atoms with E-state index in [1.165, 1.54) is 32.1 Å². The van der Waals surface area contributed by atoms with Crippen LogP contribution in [0.25, 0.3) is 0 Å². The summed E-state index contributed by atoms with van der Waals surface area (Å²) in [5.41, 5.74) is 0.398. The summed E-state index contributed by atoms with van der Waals surface area (Å²) >= 11 is 0. The molecule has 3 unspecified atom stereocenters. The third-order valence-corrected chi connectivity index (χ3v) is 4.59. The molecule has 17 heavy (non-hydrogen) atoms. The van der Waals surface area contributed by atoms with Gasteiger partial charge in [-0.25, -0.2) is 0 Å². The minimum Gasteiger partial charge on any atom is -0.372 e. The van der Waals surface area contributed by atoms with E-state index in [4.69, 9.17) is 4.74 Å². The van der Waals surface area contributed by atoms with Crippen LogP contribution in [0.2, 0.25) is 0 Å². The van der Waals surface area contributed by atoms with E-state index in [2.05, 4.69) is 33.0 Å². The highest BCUT2D eigenvalue weighted by Crippen LogP contribution is 2.42. The predicted octanol–water partition coefficient (Wildman–Crippen LogP) is 3.36. The Labute approximate surface area is 107 Å². The Morgan fingerprint density at radius 1 is 1.18 bits per heavy atom. The minimum atomic E-state index is 0.112. The van der Waals surface area contributed by atoms with E-state index in [0.717, 1.165) is 19.1 Å². The average Bonchev–Trinajstić information content (AvgIpc) is 2.41. The summed E-state index contributed by atoms with van der Waals surface area (Å²) in [7, 11) is 0. The van der Waals surface area contributed by atoms with Crippen molar-refractivity contribution in [2.45, 2.75) is 71.4 Å². The molecule has 0 radical (unpaired) electrons. The minimum absolute atomic E-state index is 0.112. The van der Waals surface area contributed by atoms with Gasteiger partial charge in [0.1, 0.15) is 0 Å². The van der Waals surface area contributed by atoms with Crippen LogP contribution in [0.1, 0.15) is 59.8 Å². The van der Waals surface area contributed by atoms with Gasteiger partial charge in [-0.15, -0.1) is 0 Å². The van der Waals surface area contributed by atoms with Crippen LogP contribution in [0, 0.1) is 11.3 Å². The lowest BCUT2D eigenvalue weighted by Crippen LogP contribution is -2.62. The summed E-state index contributed by atoms with van der Waals surface area (Å²) in [4.78, 5) is 0. The molecule has 1 aliphatic heterocycles.